The molecule has 0 atom stereocenters. The van der Waals surface area contributed by atoms with Crippen molar-refractivity contribution in [2.45, 2.75) is 6.54 Å². The molecule has 0 amide bonds. The number of aromatic nitrogens is 2. The van der Waals surface area contributed by atoms with E-state index in [1.165, 1.54) is 4.57 Å². The van der Waals surface area contributed by atoms with Crippen molar-refractivity contribution in [2.75, 3.05) is 26.4 Å². The van der Waals surface area contributed by atoms with Gasteiger partial charge in [-0.15, -0.1) is 0 Å². The summed E-state index contributed by atoms with van der Waals surface area (Å²) in [6.07, 6.45) is 0. The van der Waals surface area contributed by atoms with E-state index < -0.39 is 0 Å². The molecule has 4 rings (SSSR count). The molecule has 7 nitrogen and oxygen atoms in total. The predicted molar refractivity (Wildman–Crippen MR) is 96.8 cm³/mol. The molecule has 1 aliphatic rings. The third kappa shape index (κ3) is 2.32. The molecule has 0 spiro atoms. The van der Waals surface area contributed by atoms with Gasteiger partial charge in [-0.2, -0.15) is 0 Å². The van der Waals surface area contributed by atoms with Crippen molar-refractivity contribution in [3.8, 4) is 17.2 Å². The van der Waals surface area contributed by atoms with E-state index in [0.29, 0.717) is 46.9 Å². The van der Waals surface area contributed by atoms with E-state index in [1.807, 2.05) is 19.0 Å². The highest BCUT2D eigenvalue weighted by molar-refractivity contribution is 5.88. The van der Waals surface area contributed by atoms with Crippen LogP contribution >= 0.6 is 0 Å². The number of likely N-dealkylation sites (N-methyl/N-ethyl adjacent to an activating group) is 1. The van der Waals surface area contributed by atoms with Gasteiger partial charge in [-0.1, -0.05) is 6.07 Å². The Morgan fingerprint density at radius 3 is 2.68 bits per heavy atom. The molecule has 2 heterocycles. The van der Waals surface area contributed by atoms with Crippen molar-refractivity contribution < 1.29 is 4.74 Å². The normalized spacial score (nSPS) is 12.3. The third-order valence-corrected chi connectivity index (χ3v) is 4.34. The van der Waals surface area contributed by atoms with E-state index in [9.17, 15) is 9.59 Å². The average Bonchev–Trinajstić information content (AvgIpc) is 2.57. The van der Waals surface area contributed by atoms with Crippen LogP contribution in [-0.2, 0) is 6.54 Å². The molecule has 0 unspecified atom stereocenters. The van der Waals surface area contributed by atoms with E-state index in [1.54, 1.807) is 41.0 Å². The van der Waals surface area contributed by atoms with Crippen molar-refractivity contribution in [1.82, 2.24) is 14.0 Å². The molecular formula is C18H18N4O3. The maximum atomic E-state index is 13.1. The summed E-state index contributed by atoms with van der Waals surface area (Å²) in [7, 11) is 3.80. The van der Waals surface area contributed by atoms with Crippen LogP contribution in [0.25, 0.3) is 16.6 Å². The van der Waals surface area contributed by atoms with Crippen molar-refractivity contribution in [3.05, 3.63) is 57.2 Å². The SMILES string of the molecule is CN(C)CCn1c(=O)c2cccc3c2n(c1=O)-c1ccc(N)cc1O3. The molecule has 2 aromatic carbocycles. The minimum atomic E-state index is -0.374. The van der Waals surface area contributed by atoms with Crippen LogP contribution in [0.5, 0.6) is 11.5 Å². The third-order valence-electron chi connectivity index (χ3n) is 4.34. The molecule has 0 saturated carbocycles. The lowest BCUT2D eigenvalue weighted by atomic mass is 10.1. The Balaban J connectivity index is 2.10. The highest BCUT2D eigenvalue weighted by Gasteiger charge is 2.24. The number of rotatable bonds is 3. The molecule has 2 N–H and O–H groups in total. The summed E-state index contributed by atoms with van der Waals surface area (Å²) in [5.41, 5.74) is 6.79. The predicted octanol–water partition coefficient (Wildman–Crippen LogP) is 1.40. The van der Waals surface area contributed by atoms with Crippen LogP contribution in [0.3, 0.4) is 0 Å². The quantitative estimate of drug-likeness (QED) is 0.571. The fourth-order valence-electron chi connectivity index (χ4n) is 3.09. The van der Waals surface area contributed by atoms with Crippen molar-refractivity contribution in [2.24, 2.45) is 0 Å². The standard InChI is InChI=1S/C18H18N4O3/c1-20(2)8-9-21-17(23)12-4-3-5-14-16(12)22(18(21)24)13-7-6-11(19)10-15(13)25-14/h3-7,10H,8-9,19H2,1-2H3. The van der Waals surface area contributed by atoms with Crippen LogP contribution in [-0.4, -0.2) is 34.7 Å². The number of nitrogens with two attached hydrogens (primary N) is 1. The van der Waals surface area contributed by atoms with Crippen LogP contribution in [0.2, 0.25) is 0 Å². The number of hydrogen-bond donors (Lipinski definition) is 1. The second kappa shape index (κ2) is 5.49. The molecule has 0 aliphatic carbocycles. The minimum Gasteiger partial charge on any atom is -0.453 e. The largest absolute Gasteiger partial charge is 0.453 e. The van der Waals surface area contributed by atoms with Gasteiger partial charge in [0.15, 0.2) is 11.5 Å². The van der Waals surface area contributed by atoms with E-state index in [4.69, 9.17) is 10.5 Å². The lowest BCUT2D eigenvalue weighted by Gasteiger charge is -2.23. The maximum absolute atomic E-state index is 13.1. The van der Waals surface area contributed by atoms with Gasteiger partial charge in [0.05, 0.1) is 11.1 Å². The van der Waals surface area contributed by atoms with E-state index in [-0.39, 0.29) is 11.2 Å². The summed E-state index contributed by atoms with van der Waals surface area (Å²) in [4.78, 5) is 27.9. The maximum Gasteiger partial charge on any atom is 0.336 e. The zero-order valence-corrected chi connectivity index (χ0v) is 14.0. The van der Waals surface area contributed by atoms with Gasteiger partial charge in [0.2, 0.25) is 0 Å². The number of nitrogens with zero attached hydrogens (tertiary/aromatic N) is 3. The first-order valence-corrected chi connectivity index (χ1v) is 7.98. The van der Waals surface area contributed by atoms with Crippen LogP contribution in [0.15, 0.2) is 46.0 Å². The fourth-order valence-corrected chi connectivity index (χ4v) is 3.09. The Labute approximate surface area is 143 Å². The number of nitrogen functional groups attached to an aromatic ring is 1. The van der Waals surface area contributed by atoms with Crippen LogP contribution in [0.4, 0.5) is 5.69 Å². The summed E-state index contributed by atoms with van der Waals surface area (Å²) >= 11 is 0. The zero-order chi connectivity index (χ0) is 17.7. The van der Waals surface area contributed by atoms with Crippen molar-refractivity contribution in [3.63, 3.8) is 0 Å². The number of hydrogen-bond acceptors (Lipinski definition) is 5. The summed E-state index contributed by atoms with van der Waals surface area (Å²) < 4.78 is 8.70. The number of ether oxygens (including phenoxy) is 1. The smallest absolute Gasteiger partial charge is 0.336 e. The Hall–Kier alpha value is -3.06. The Kier molecular flexibility index (Phi) is 3.40. The highest BCUT2D eigenvalue weighted by atomic mass is 16.5. The number of fused-ring (bicyclic) bond motifs is 2. The Morgan fingerprint density at radius 2 is 1.92 bits per heavy atom. The van der Waals surface area contributed by atoms with Gasteiger partial charge in [0.25, 0.3) is 5.56 Å². The topological polar surface area (TPSA) is 82.5 Å². The number of anilines is 1. The van der Waals surface area contributed by atoms with Gasteiger partial charge in [0, 0.05) is 24.8 Å². The zero-order valence-electron chi connectivity index (χ0n) is 14.0. The molecular weight excluding hydrogens is 320 g/mol. The molecule has 1 aromatic heterocycles. The molecule has 0 radical (unpaired) electrons. The van der Waals surface area contributed by atoms with Gasteiger partial charge in [0.1, 0.15) is 5.52 Å². The second-order valence-corrected chi connectivity index (χ2v) is 6.36. The molecule has 7 heteroatoms. The monoisotopic (exact) mass is 338 g/mol. The van der Waals surface area contributed by atoms with E-state index in [2.05, 4.69) is 0 Å². The van der Waals surface area contributed by atoms with Gasteiger partial charge in [-0.25, -0.2) is 4.79 Å². The van der Waals surface area contributed by atoms with Crippen LogP contribution in [0, 0.1) is 0 Å². The van der Waals surface area contributed by atoms with Gasteiger partial charge < -0.3 is 15.4 Å². The molecule has 1 aliphatic heterocycles. The molecule has 0 saturated heterocycles. The van der Waals surface area contributed by atoms with E-state index in [0.717, 1.165) is 0 Å². The first-order chi connectivity index (χ1) is 12.0. The molecule has 3 aromatic rings. The fraction of sp³-hybridized carbons (Fsp3) is 0.222. The van der Waals surface area contributed by atoms with Gasteiger partial charge >= 0.3 is 5.69 Å². The Morgan fingerprint density at radius 1 is 1.12 bits per heavy atom. The Bertz CT molecular complexity index is 1110. The average molecular weight is 338 g/mol. The molecule has 25 heavy (non-hydrogen) atoms. The van der Waals surface area contributed by atoms with Crippen molar-refractivity contribution in [1.29, 1.82) is 0 Å². The summed E-state index contributed by atoms with van der Waals surface area (Å²) in [5.74, 6) is 0.976. The molecule has 128 valence electrons. The summed E-state index contributed by atoms with van der Waals surface area (Å²) in [5, 5.41) is 0.457. The first kappa shape index (κ1) is 15.5. The number of para-hydroxylation sites is 1. The highest BCUT2D eigenvalue weighted by Crippen LogP contribution is 2.38. The first-order valence-electron chi connectivity index (χ1n) is 7.98. The summed E-state index contributed by atoms with van der Waals surface area (Å²) in [6, 6.07) is 10.3. The minimum absolute atomic E-state index is 0.303. The van der Waals surface area contributed by atoms with Crippen molar-refractivity contribution >= 4 is 16.6 Å². The molecule has 0 fully saturated rings. The number of benzene rings is 2. The second-order valence-electron chi connectivity index (χ2n) is 6.36. The molecule has 0 bridgehead atoms. The lowest BCUT2D eigenvalue weighted by Crippen LogP contribution is -2.42. The van der Waals surface area contributed by atoms with Crippen LogP contribution in [0.1, 0.15) is 0 Å². The van der Waals surface area contributed by atoms with Gasteiger partial charge in [-0.05, 0) is 38.4 Å². The lowest BCUT2D eigenvalue weighted by molar-refractivity contribution is 0.375. The van der Waals surface area contributed by atoms with E-state index >= 15 is 0 Å². The van der Waals surface area contributed by atoms with Crippen LogP contribution < -0.4 is 21.7 Å². The van der Waals surface area contributed by atoms with Gasteiger partial charge in [-0.3, -0.25) is 13.9 Å². The summed E-state index contributed by atoms with van der Waals surface area (Å²) in [6.45, 7) is 0.904.